The molecule has 1 atom stereocenters. The van der Waals surface area contributed by atoms with Crippen LogP contribution < -0.4 is 0 Å². The number of thiophene rings is 1. The molecule has 106 valence electrons. The average molecular weight is 373 g/mol. The third-order valence-corrected chi connectivity index (χ3v) is 5.26. The molecule has 2 nitrogen and oxygen atoms in total. The zero-order chi connectivity index (χ0) is 13.9. The summed E-state index contributed by atoms with van der Waals surface area (Å²) in [6, 6.07) is 12.3. The van der Waals surface area contributed by atoms with Crippen LogP contribution in [0.15, 0.2) is 40.2 Å². The molecular formula is C15H15BrClNOS. The zero-order valence-corrected chi connectivity index (χ0v) is 14.0. The lowest BCUT2D eigenvalue weighted by atomic mass is 10.1. The summed E-state index contributed by atoms with van der Waals surface area (Å²) in [5.41, 5.74) is 1.20. The fraction of sp³-hybridized carbons (Fsp3) is 0.333. The smallest absolute Gasteiger partial charge is 0.0952 e. The van der Waals surface area contributed by atoms with Crippen molar-refractivity contribution in [3.63, 3.8) is 0 Å². The van der Waals surface area contributed by atoms with Gasteiger partial charge in [0, 0.05) is 29.5 Å². The summed E-state index contributed by atoms with van der Waals surface area (Å²) < 4.78 is 7.08. The molecule has 3 rings (SSSR count). The molecule has 1 aromatic heterocycles. The highest BCUT2D eigenvalue weighted by Crippen LogP contribution is 2.27. The number of morpholine rings is 1. The Labute approximate surface area is 136 Å². The van der Waals surface area contributed by atoms with Crippen molar-refractivity contribution >= 4 is 38.9 Å². The summed E-state index contributed by atoms with van der Waals surface area (Å²) in [5.74, 6) is 0. The Bertz CT molecular complexity index is 572. The van der Waals surface area contributed by atoms with Crippen molar-refractivity contribution in [2.45, 2.75) is 12.6 Å². The molecule has 20 heavy (non-hydrogen) atoms. The van der Waals surface area contributed by atoms with Crippen LogP contribution in [0.1, 0.15) is 16.5 Å². The molecule has 1 aliphatic heterocycles. The quantitative estimate of drug-likeness (QED) is 0.772. The minimum absolute atomic E-state index is 0.143. The number of benzene rings is 1. The second kappa shape index (κ2) is 6.58. The van der Waals surface area contributed by atoms with Gasteiger partial charge in [0.15, 0.2) is 0 Å². The molecule has 5 heteroatoms. The minimum atomic E-state index is 0.143. The SMILES string of the molecule is Clc1ccc(C2CN(Cc3ccc(Br)s3)CCO2)cc1. The lowest BCUT2D eigenvalue weighted by Crippen LogP contribution is -2.37. The summed E-state index contributed by atoms with van der Waals surface area (Å²) >= 11 is 11.2. The third-order valence-electron chi connectivity index (χ3n) is 3.40. The van der Waals surface area contributed by atoms with Crippen LogP contribution in [-0.4, -0.2) is 24.6 Å². The zero-order valence-electron chi connectivity index (χ0n) is 10.9. The van der Waals surface area contributed by atoms with Crippen molar-refractivity contribution in [1.29, 1.82) is 0 Å². The molecule has 0 N–H and O–H groups in total. The van der Waals surface area contributed by atoms with Crippen molar-refractivity contribution in [3.05, 3.63) is 55.6 Å². The maximum atomic E-state index is 5.93. The van der Waals surface area contributed by atoms with Gasteiger partial charge in [0.05, 0.1) is 16.5 Å². The van der Waals surface area contributed by atoms with Crippen molar-refractivity contribution in [2.75, 3.05) is 19.7 Å². The topological polar surface area (TPSA) is 12.5 Å². The summed E-state index contributed by atoms with van der Waals surface area (Å²) in [5, 5.41) is 0.768. The molecule has 0 bridgehead atoms. The number of ether oxygens (including phenoxy) is 1. The van der Waals surface area contributed by atoms with Crippen molar-refractivity contribution in [3.8, 4) is 0 Å². The largest absolute Gasteiger partial charge is 0.371 e. The van der Waals surface area contributed by atoms with Gasteiger partial charge in [0.25, 0.3) is 0 Å². The Morgan fingerprint density at radius 3 is 2.75 bits per heavy atom. The van der Waals surface area contributed by atoms with Crippen LogP contribution >= 0.6 is 38.9 Å². The highest BCUT2D eigenvalue weighted by atomic mass is 79.9. The van der Waals surface area contributed by atoms with E-state index in [-0.39, 0.29) is 6.10 Å². The number of hydrogen-bond acceptors (Lipinski definition) is 3. The molecule has 2 heterocycles. The van der Waals surface area contributed by atoms with Crippen LogP contribution in [0.25, 0.3) is 0 Å². The van der Waals surface area contributed by atoms with E-state index in [2.05, 4.69) is 45.1 Å². The number of nitrogens with zero attached hydrogens (tertiary/aromatic N) is 1. The lowest BCUT2D eigenvalue weighted by Gasteiger charge is -2.32. The molecule has 0 spiro atoms. The first-order valence-electron chi connectivity index (χ1n) is 6.54. The first-order valence-corrected chi connectivity index (χ1v) is 8.53. The van der Waals surface area contributed by atoms with Gasteiger partial charge < -0.3 is 4.74 Å². The van der Waals surface area contributed by atoms with Crippen LogP contribution in [0.5, 0.6) is 0 Å². The average Bonchev–Trinajstić information content (AvgIpc) is 2.85. The Morgan fingerprint density at radius 2 is 2.05 bits per heavy atom. The van der Waals surface area contributed by atoms with E-state index in [9.17, 15) is 0 Å². The number of hydrogen-bond donors (Lipinski definition) is 0. The second-order valence-corrected chi connectivity index (χ2v) is 7.84. The van der Waals surface area contributed by atoms with E-state index in [0.717, 1.165) is 31.3 Å². The Hall–Kier alpha value is -0.390. The van der Waals surface area contributed by atoms with E-state index in [1.807, 2.05) is 12.1 Å². The molecule has 1 saturated heterocycles. The summed E-state index contributed by atoms with van der Waals surface area (Å²) in [6.45, 7) is 3.68. The molecule has 0 saturated carbocycles. The van der Waals surface area contributed by atoms with Crippen LogP contribution in [0.2, 0.25) is 5.02 Å². The van der Waals surface area contributed by atoms with Gasteiger partial charge in [-0.05, 0) is 45.8 Å². The molecule has 1 aromatic carbocycles. The first kappa shape index (κ1) is 14.5. The number of halogens is 2. The highest BCUT2D eigenvalue weighted by molar-refractivity contribution is 9.11. The van der Waals surface area contributed by atoms with Crippen LogP contribution in [0.3, 0.4) is 0 Å². The fourth-order valence-corrected chi connectivity index (χ4v) is 4.03. The van der Waals surface area contributed by atoms with Crippen LogP contribution in [0.4, 0.5) is 0 Å². The lowest BCUT2D eigenvalue weighted by molar-refractivity contribution is -0.0326. The minimum Gasteiger partial charge on any atom is -0.371 e. The fourth-order valence-electron chi connectivity index (χ4n) is 2.38. The molecule has 0 aliphatic carbocycles. The van der Waals surface area contributed by atoms with Gasteiger partial charge in [-0.25, -0.2) is 0 Å². The van der Waals surface area contributed by atoms with Gasteiger partial charge in [-0.15, -0.1) is 11.3 Å². The predicted molar refractivity (Wildman–Crippen MR) is 87.4 cm³/mol. The van der Waals surface area contributed by atoms with Crippen molar-refractivity contribution in [2.24, 2.45) is 0 Å². The summed E-state index contributed by atoms with van der Waals surface area (Å²) in [6.07, 6.45) is 0.143. The Kier molecular flexibility index (Phi) is 4.79. The van der Waals surface area contributed by atoms with Gasteiger partial charge in [0.2, 0.25) is 0 Å². The molecule has 1 unspecified atom stereocenters. The van der Waals surface area contributed by atoms with Gasteiger partial charge >= 0.3 is 0 Å². The molecule has 0 radical (unpaired) electrons. The first-order chi connectivity index (χ1) is 9.70. The monoisotopic (exact) mass is 371 g/mol. The third kappa shape index (κ3) is 3.62. The van der Waals surface area contributed by atoms with Crippen LogP contribution in [0, 0.1) is 0 Å². The van der Waals surface area contributed by atoms with Gasteiger partial charge in [-0.3, -0.25) is 4.90 Å². The van der Waals surface area contributed by atoms with E-state index in [0.29, 0.717) is 0 Å². The van der Waals surface area contributed by atoms with E-state index < -0.39 is 0 Å². The van der Waals surface area contributed by atoms with E-state index in [1.165, 1.54) is 14.2 Å². The standard InChI is InChI=1S/C15H15BrClNOS/c16-15-6-5-13(20-15)9-18-7-8-19-14(10-18)11-1-3-12(17)4-2-11/h1-6,14H,7-10H2. The van der Waals surface area contributed by atoms with Crippen molar-refractivity contribution in [1.82, 2.24) is 4.90 Å². The molecule has 2 aromatic rings. The predicted octanol–water partition coefficient (Wildman–Crippen LogP) is 4.74. The van der Waals surface area contributed by atoms with Gasteiger partial charge in [-0.2, -0.15) is 0 Å². The Balaban J connectivity index is 1.65. The van der Waals surface area contributed by atoms with Crippen molar-refractivity contribution < 1.29 is 4.74 Å². The van der Waals surface area contributed by atoms with Gasteiger partial charge in [-0.1, -0.05) is 23.7 Å². The normalized spacial score (nSPS) is 20.2. The maximum absolute atomic E-state index is 5.93. The summed E-state index contributed by atoms with van der Waals surface area (Å²) in [4.78, 5) is 3.83. The van der Waals surface area contributed by atoms with E-state index >= 15 is 0 Å². The second-order valence-electron chi connectivity index (χ2n) is 4.85. The van der Waals surface area contributed by atoms with E-state index in [1.54, 1.807) is 11.3 Å². The maximum Gasteiger partial charge on any atom is 0.0952 e. The molecule has 0 amide bonds. The number of rotatable bonds is 3. The summed E-state index contributed by atoms with van der Waals surface area (Å²) in [7, 11) is 0. The molecular weight excluding hydrogens is 358 g/mol. The highest BCUT2D eigenvalue weighted by Gasteiger charge is 2.22. The van der Waals surface area contributed by atoms with Crippen LogP contribution in [-0.2, 0) is 11.3 Å². The molecule has 1 fully saturated rings. The Morgan fingerprint density at radius 1 is 1.25 bits per heavy atom. The van der Waals surface area contributed by atoms with E-state index in [4.69, 9.17) is 16.3 Å². The molecule has 1 aliphatic rings. The van der Waals surface area contributed by atoms with Gasteiger partial charge in [0.1, 0.15) is 0 Å².